The third-order valence-corrected chi connectivity index (χ3v) is 2.92. The molecule has 1 saturated heterocycles. The summed E-state index contributed by atoms with van der Waals surface area (Å²) in [6.07, 6.45) is 4.86. The lowest BCUT2D eigenvalue weighted by atomic mass is 9.80. The van der Waals surface area contributed by atoms with Gasteiger partial charge < -0.3 is 9.47 Å². The van der Waals surface area contributed by atoms with Crippen LogP contribution in [0.2, 0.25) is 0 Å². The highest BCUT2D eigenvalue weighted by Crippen LogP contribution is 2.33. The SMILES string of the molecule is CCOC1=CC2C(=O)NNC(=O)C2(OCC)C=C1. The first kappa shape index (κ1) is 12.6. The van der Waals surface area contributed by atoms with Crippen LogP contribution >= 0.6 is 0 Å². The monoisotopic (exact) mass is 252 g/mol. The minimum atomic E-state index is -1.27. The van der Waals surface area contributed by atoms with Gasteiger partial charge in [-0.2, -0.15) is 0 Å². The van der Waals surface area contributed by atoms with E-state index in [0.717, 1.165) is 0 Å². The molecule has 1 aliphatic carbocycles. The largest absolute Gasteiger partial charge is 0.494 e. The second kappa shape index (κ2) is 4.81. The van der Waals surface area contributed by atoms with Crippen LogP contribution in [0.25, 0.3) is 0 Å². The minimum Gasteiger partial charge on any atom is -0.494 e. The van der Waals surface area contributed by atoms with Gasteiger partial charge in [0.1, 0.15) is 11.7 Å². The van der Waals surface area contributed by atoms with E-state index in [1.165, 1.54) is 0 Å². The number of carbonyl (C=O) groups is 2. The summed E-state index contributed by atoms with van der Waals surface area (Å²) in [6, 6.07) is 0. The zero-order chi connectivity index (χ0) is 13.2. The lowest BCUT2D eigenvalue weighted by molar-refractivity contribution is -0.160. The van der Waals surface area contributed by atoms with Crippen molar-refractivity contribution < 1.29 is 19.1 Å². The van der Waals surface area contributed by atoms with Crippen LogP contribution in [0.1, 0.15) is 13.8 Å². The van der Waals surface area contributed by atoms with Crippen LogP contribution < -0.4 is 10.9 Å². The summed E-state index contributed by atoms with van der Waals surface area (Å²) in [7, 11) is 0. The molecule has 0 aromatic heterocycles. The third-order valence-electron chi connectivity index (χ3n) is 2.92. The number of allylic oxidation sites excluding steroid dienone is 1. The highest BCUT2D eigenvalue weighted by atomic mass is 16.5. The molecule has 0 aromatic carbocycles. The number of rotatable bonds is 4. The molecule has 6 nitrogen and oxygen atoms in total. The average Bonchev–Trinajstić information content (AvgIpc) is 2.36. The molecule has 0 radical (unpaired) electrons. The lowest BCUT2D eigenvalue weighted by Gasteiger charge is -2.39. The number of fused-ring (bicyclic) bond motifs is 1. The number of amides is 2. The Labute approximate surface area is 105 Å². The highest BCUT2D eigenvalue weighted by Gasteiger charge is 2.52. The summed E-state index contributed by atoms with van der Waals surface area (Å²) in [6.45, 7) is 4.46. The standard InChI is InChI=1S/C12H16N2O4/c1-3-17-8-5-6-12(18-4-2)9(7-8)10(15)13-14-11(12)16/h5-7,9H,3-4H2,1-2H3,(H,13,15)(H,14,16). The number of hydrogen-bond acceptors (Lipinski definition) is 4. The van der Waals surface area contributed by atoms with Gasteiger partial charge >= 0.3 is 0 Å². The molecule has 1 aliphatic heterocycles. The predicted octanol–water partition coefficient (Wildman–Crippen LogP) is 0.0291. The van der Waals surface area contributed by atoms with Crippen molar-refractivity contribution in [2.45, 2.75) is 19.4 Å². The first-order chi connectivity index (χ1) is 8.64. The van der Waals surface area contributed by atoms with Crippen LogP contribution in [0.3, 0.4) is 0 Å². The van der Waals surface area contributed by atoms with Gasteiger partial charge in [0.15, 0.2) is 5.60 Å². The maximum Gasteiger partial charge on any atom is 0.275 e. The Hall–Kier alpha value is -1.82. The maximum absolute atomic E-state index is 12.0. The molecule has 1 fully saturated rings. The molecule has 6 heteroatoms. The van der Waals surface area contributed by atoms with Gasteiger partial charge in [0, 0.05) is 6.61 Å². The van der Waals surface area contributed by atoms with Gasteiger partial charge in [-0.25, -0.2) is 0 Å². The fraction of sp³-hybridized carbons (Fsp3) is 0.500. The molecular formula is C12H16N2O4. The Morgan fingerprint density at radius 3 is 2.72 bits per heavy atom. The molecule has 2 N–H and O–H groups in total. The smallest absolute Gasteiger partial charge is 0.275 e. The van der Waals surface area contributed by atoms with E-state index >= 15 is 0 Å². The van der Waals surface area contributed by atoms with Crippen molar-refractivity contribution in [2.24, 2.45) is 5.92 Å². The molecule has 2 unspecified atom stereocenters. The molecule has 0 aromatic rings. The van der Waals surface area contributed by atoms with Gasteiger partial charge in [0.2, 0.25) is 5.91 Å². The Morgan fingerprint density at radius 1 is 1.28 bits per heavy atom. The van der Waals surface area contributed by atoms with Crippen molar-refractivity contribution >= 4 is 11.8 Å². The topological polar surface area (TPSA) is 76.7 Å². The van der Waals surface area contributed by atoms with Gasteiger partial charge in [-0.3, -0.25) is 20.4 Å². The van der Waals surface area contributed by atoms with Crippen molar-refractivity contribution in [1.29, 1.82) is 0 Å². The number of hydrogen-bond donors (Lipinski definition) is 2. The van der Waals surface area contributed by atoms with Crippen molar-refractivity contribution in [1.82, 2.24) is 10.9 Å². The summed E-state index contributed by atoms with van der Waals surface area (Å²) >= 11 is 0. The molecule has 0 saturated carbocycles. The number of carbonyl (C=O) groups excluding carboxylic acids is 2. The summed E-state index contributed by atoms with van der Waals surface area (Å²) in [5.74, 6) is -0.831. The van der Waals surface area contributed by atoms with Gasteiger partial charge in [-0.1, -0.05) is 0 Å². The van der Waals surface area contributed by atoms with Crippen LogP contribution in [0.5, 0.6) is 0 Å². The van der Waals surface area contributed by atoms with Gasteiger partial charge in [-0.05, 0) is 32.1 Å². The Morgan fingerprint density at radius 2 is 2.06 bits per heavy atom. The number of ether oxygens (including phenoxy) is 2. The second-order valence-electron chi connectivity index (χ2n) is 3.98. The molecule has 1 heterocycles. The molecule has 2 amide bonds. The van der Waals surface area contributed by atoms with E-state index in [1.54, 1.807) is 25.2 Å². The quantitative estimate of drug-likeness (QED) is 0.740. The second-order valence-corrected chi connectivity index (χ2v) is 3.98. The van der Waals surface area contributed by atoms with Crippen molar-refractivity contribution in [3.63, 3.8) is 0 Å². The van der Waals surface area contributed by atoms with Crippen LogP contribution in [0, 0.1) is 5.92 Å². The molecule has 2 aliphatic rings. The fourth-order valence-corrected chi connectivity index (χ4v) is 2.14. The van der Waals surface area contributed by atoms with Crippen molar-refractivity contribution in [3.05, 3.63) is 24.0 Å². The van der Waals surface area contributed by atoms with Gasteiger partial charge in [-0.15, -0.1) is 0 Å². The van der Waals surface area contributed by atoms with Crippen LogP contribution in [-0.2, 0) is 19.1 Å². The first-order valence-corrected chi connectivity index (χ1v) is 5.92. The van der Waals surface area contributed by atoms with E-state index in [1.807, 2.05) is 6.92 Å². The molecule has 2 rings (SSSR count). The van der Waals surface area contributed by atoms with Gasteiger partial charge in [0.05, 0.1) is 6.61 Å². The fourth-order valence-electron chi connectivity index (χ4n) is 2.14. The zero-order valence-corrected chi connectivity index (χ0v) is 10.4. The highest BCUT2D eigenvalue weighted by molar-refractivity contribution is 6.00. The Balaban J connectivity index is 2.36. The number of hydrazine groups is 1. The molecule has 0 bridgehead atoms. The Bertz CT molecular complexity index is 430. The molecule has 0 spiro atoms. The molecule has 2 atom stereocenters. The summed E-state index contributed by atoms with van der Waals surface area (Å²) in [4.78, 5) is 23.8. The summed E-state index contributed by atoms with van der Waals surface area (Å²) in [5, 5.41) is 0. The summed E-state index contributed by atoms with van der Waals surface area (Å²) in [5.41, 5.74) is 3.38. The van der Waals surface area contributed by atoms with Crippen LogP contribution in [0.4, 0.5) is 0 Å². The first-order valence-electron chi connectivity index (χ1n) is 5.92. The van der Waals surface area contributed by atoms with E-state index in [9.17, 15) is 9.59 Å². The van der Waals surface area contributed by atoms with E-state index in [4.69, 9.17) is 9.47 Å². The van der Waals surface area contributed by atoms with Crippen molar-refractivity contribution in [2.75, 3.05) is 13.2 Å². The zero-order valence-electron chi connectivity index (χ0n) is 10.4. The lowest BCUT2D eigenvalue weighted by Crippen LogP contribution is -2.66. The predicted molar refractivity (Wildman–Crippen MR) is 63.0 cm³/mol. The molecule has 18 heavy (non-hydrogen) atoms. The molecular weight excluding hydrogens is 236 g/mol. The average molecular weight is 252 g/mol. The van der Waals surface area contributed by atoms with Crippen LogP contribution in [0.15, 0.2) is 24.0 Å². The van der Waals surface area contributed by atoms with E-state index in [-0.39, 0.29) is 11.8 Å². The Kier molecular flexibility index (Phi) is 3.38. The van der Waals surface area contributed by atoms with E-state index in [0.29, 0.717) is 19.0 Å². The van der Waals surface area contributed by atoms with E-state index < -0.39 is 11.5 Å². The van der Waals surface area contributed by atoms with Gasteiger partial charge in [0.25, 0.3) is 5.91 Å². The molecule has 98 valence electrons. The minimum absolute atomic E-state index is 0.315. The van der Waals surface area contributed by atoms with E-state index in [2.05, 4.69) is 10.9 Å². The third kappa shape index (κ3) is 1.88. The summed E-state index contributed by atoms with van der Waals surface area (Å²) < 4.78 is 10.9. The van der Waals surface area contributed by atoms with Crippen LogP contribution in [-0.4, -0.2) is 30.6 Å². The maximum atomic E-state index is 12.0. The normalized spacial score (nSPS) is 30.1. The van der Waals surface area contributed by atoms with Crippen molar-refractivity contribution in [3.8, 4) is 0 Å². The number of nitrogens with one attached hydrogen (secondary N) is 2.